The van der Waals surface area contributed by atoms with Crippen molar-refractivity contribution in [2.75, 3.05) is 44.2 Å². The summed E-state index contributed by atoms with van der Waals surface area (Å²) in [4.78, 5) is 17.2. The molecule has 172 valence electrons. The molecule has 1 amide bonds. The molecule has 2 aromatic rings. The van der Waals surface area contributed by atoms with Gasteiger partial charge < -0.3 is 14.5 Å². The minimum absolute atomic E-state index is 0.138. The Bertz CT molecular complexity index is 1080. The Balaban J connectivity index is 1.47. The maximum absolute atomic E-state index is 13.2. The van der Waals surface area contributed by atoms with Gasteiger partial charge in [0.25, 0.3) is 5.91 Å². The van der Waals surface area contributed by atoms with Crippen LogP contribution in [0.15, 0.2) is 53.4 Å². The summed E-state index contributed by atoms with van der Waals surface area (Å²) >= 11 is 6.30. The van der Waals surface area contributed by atoms with Crippen LogP contribution in [0.1, 0.15) is 24.2 Å². The first-order chi connectivity index (χ1) is 15.3. The van der Waals surface area contributed by atoms with Crippen molar-refractivity contribution >= 4 is 33.2 Å². The second-order valence-electron chi connectivity index (χ2n) is 8.34. The highest BCUT2D eigenvalue weighted by molar-refractivity contribution is 7.89. The van der Waals surface area contributed by atoms with Crippen LogP contribution in [0.25, 0.3) is 0 Å². The number of carbonyl (C=O) groups is 1. The van der Waals surface area contributed by atoms with E-state index in [1.165, 1.54) is 10.4 Å². The van der Waals surface area contributed by atoms with Crippen molar-refractivity contribution in [1.29, 1.82) is 0 Å². The number of para-hydroxylation sites is 1. The first-order valence-electron chi connectivity index (χ1n) is 10.8. The van der Waals surface area contributed by atoms with E-state index in [0.29, 0.717) is 49.9 Å². The Kier molecular flexibility index (Phi) is 6.76. The third-order valence-corrected chi connectivity index (χ3v) is 8.01. The lowest BCUT2D eigenvalue weighted by Crippen LogP contribution is -2.49. The van der Waals surface area contributed by atoms with Gasteiger partial charge in [0.15, 0.2) is 0 Å². The normalized spacial score (nSPS) is 22.7. The molecule has 4 rings (SSSR count). The maximum atomic E-state index is 13.2. The third-order valence-electron chi connectivity index (χ3n) is 5.86. The maximum Gasteiger partial charge on any atom is 0.254 e. The molecule has 9 heteroatoms. The summed E-state index contributed by atoms with van der Waals surface area (Å²) in [6, 6.07) is 14.0. The lowest BCUT2D eigenvalue weighted by Gasteiger charge is -2.36. The average molecular weight is 478 g/mol. The molecule has 2 saturated heterocycles. The zero-order valence-electron chi connectivity index (χ0n) is 18.3. The molecule has 0 N–H and O–H groups in total. The van der Waals surface area contributed by atoms with E-state index in [4.69, 9.17) is 16.3 Å². The second kappa shape index (κ2) is 9.39. The van der Waals surface area contributed by atoms with E-state index in [9.17, 15) is 13.2 Å². The van der Waals surface area contributed by atoms with Gasteiger partial charge in [0, 0.05) is 44.8 Å². The number of carbonyl (C=O) groups excluding carboxylic acids is 1. The zero-order valence-corrected chi connectivity index (χ0v) is 19.8. The van der Waals surface area contributed by atoms with Gasteiger partial charge in [-0.3, -0.25) is 4.79 Å². The van der Waals surface area contributed by atoms with Gasteiger partial charge in [-0.1, -0.05) is 29.8 Å². The smallest absolute Gasteiger partial charge is 0.254 e. The van der Waals surface area contributed by atoms with Crippen LogP contribution < -0.4 is 4.90 Å². The monoisotopic (exact) mass is 477 g/mol. The van der Waals surface area contributed by atoms with E-state index in [1.807, 2.05) is 38.1 Å². The quantitative estimate of drug-likeness (QED) is 0.676. The van der Waals surface area contributed by atoms with Gasteiger partial charge in [-0.15, -0.1) is 0 Å². The van der Waals surface area contributed by atoms with Crippen molar-refractivity contribution in [1.82, 2.24) is 9.21 Å². The number of amides is 1. The number of anilines is 1. The predicted octanol–water partition coefficient (Wildman–Crippen LogP) is 3.10. The second-order valence-corrected chi connectivity index (χ2v) is 10.7. The van der Waals surface area contributed by atoms with Crippen molar-refractivity contribution in [2.45, 2.75) is 31.0 Å². The molecule has 2 heterocycles. The first kappa shape index (κ1) is 23.0. The number of hydrogen-bond donors (Lipinski definition) is 0. The number of piperazine rings is 1. The van der Waals surface area contributed by atoms with Crippen LogP contribution in [0.2, 0.25) is 5.02 Å². The van der Waals surface area contributed by atoms with E-state index in [1.54, 1.807) is 23.1 Å². The van der Waals surface area contributed by atoms with Crippen LogP contribution in [-0.4, -0.2) is 75.0 Å². The molecule has 7 nitrogen and oxygen atoms in total. The molecule has 32 heavy (non-hydrogen) atoms. The van der Waals surface area contributed by atoms with Gasteiger partial charge in [-0.05, 0) is 44.2 Å². The lowest BCUT2D eigenvalue weighted by molar-refractivity contribution is -0.0440. The summed E-state index contributed by atoms with van der Waals surface area (Å²) in [5.41, 5.74) is 1.34. The summed E-state index contributed by atoms with van der Waals surface area (Å²) in [5.74, 6) is -0.162. The Labute approximate surface area is 194 Å². The number of hydrogen-bond acceptors (Lipinski definition) is 5. The number of benzene rings is 2. The highest BCUT2D eigenvalue weighted by atomic mass is 35.5. The SMILES string of the molecule is CC1CN(S(=O)(=O)c2cccc(C(=O)N3CCN(c4ccccc4Cl)CC3)c2)CC(C)O1. The molecule has 2 unspecified atom stereocenters. The summed E-state index contributed by atoms with van der Waals surface area (Å²) in [6.07, 6.45) is -0.347. The predicted molar refractivity (Wildman–Crippen MR) is 125 cm³/mol. The molecule has 2 atom stereocenters. The molecule has 2 aliphatic rings. The van der Waals surface area contributed by atoms with E-state index < -0.39 is 10.0 Å². The molecular weight excluding hydrogens is 450 g/mol. The zero-order chi connectivity index (χ0) is 22.9. The van der Waals surface area contributed by atoms with Crippen molar-refractivity contribution < 1.29 is 17.9 Å². The molecule has 0 saturated carbocycles. The van der Waals surface area contributed by atoms with E-state index in [-0.39, 0.29) is 23.0 Å². The van der Waals surface area contributed by atoms with Crippen molar-refractivity contribution in [3.8, 4) is 0 Å². The van der Waals surface area contributed by atoms with Crippen LogP contribution in [0.5, 0.6) is 0 Å². The van der Waals surface area contributed by atoms with Gasteiger partial charge in [0.2, 0.25) is 10.0 Å². The molecule has 2 aliphatic heterocycles. The van der Waals surface area contributed by atoms with Crippen LogP contribution in [0, 0.1) is 0 Å². The molecular formula is C23H28ClN3O4S. The molecule has 2 aromatic carbocycles. The number of sulfonamides is 1. The van der Waals surface area contributed by atoms with Gasteiger partial charge in [-0.2, -0.15) is 4.31 Å². The summed E-state index contributed by atoms with van der Waals surface area (Å²) < 4.78 is 33.5. The Morgan fingerprint density at radius 1 is 0.969 bits per heavy atom. The number of rotatable bonds is 4. The molecule has 2 fully saturated rings. The first-order valence-corrected chi connectivity index (χ1v) is 12.6. The fraction of sp³-hybridized carbons (Fsp3) is 0.435. The van der Waals surface area contributed by atoms with Gasteiger partial charge >= 0.3 is 0 Å². The third kappa shape index (κ3) is 4.78. The minimum atomic E-state index is -3.70. The summed E-state index contributed by atoms with van der Waals surface area (Å²) in [7, 11) is -3.70. The van der Waals surface area contributed by atoms with Crippen LogP contribution in [0.4, 0.5) is 5.69 Å². The standard InChI is InChI=1S/C23H28ClN3O4S/c1-17-15-27(16-18(2)31-17)32(29,30)20-7-5-6-19(14-20)23(28)26-12-10-25(11-13-26)22-9-4-3-8-21(22)24/h3-9,14,17-18H,10-13,15-16H2,1-2H3. The number of morpholine rings is 1. The Morgan fingerprint density at radius 3 is 2.28 bits per heavy atom. The van der Waals surface area contributed by atoms with Crippen molar-refractivity contribution in [3.63, 3.8) is 0 Å². The summed E-state index contributed by atoms with van der Waals surface area (Å²) in [5, 5.41) is 0.692. The minimum Gasteiger partial charge on any atom is -0.373 e. The number of nitrogens with zero attached hydrogens (tertiary/aromatic N) is 3. The fourth-order valence-electron chi connectivity index (χ4n) is 4.31. The Morgan fingerprint density at radius 2 is 1.62 bits per heavy atom. The van der Waals surface area contributed by atoms with E-state index in [0.717, 1.165) is 5.69 Å². The largest absolute Gasteiger partial charge is 0.373 e. The number of halogens is 1. The van der Waals surface area contributed by atoms with Crippen molar-refractivity contribution in [3.05, 3.63) is 59.1 Å². The fourth-order valence-corrected chi connectivity index (χ4v) is 6.20. The van der Waals surface area contributed by atoms with Gasteiger partial charge in [0.05, 0.1) is 27.8 Å². The van der Waals surface area contributed by atoms with E-state index >= 15 is 0 Å². The highest BCUT2D eigenvalue weighted by Gasteiger charge is 2.33. The van der Waals surface area contributed by atoms with Crippen LogP contribution in [0.3, 0.4) is 0 Å². The van der Waals surface area contributed by atoms with Crippen molar-refractivity contribution in [2.24, 2.45) is 0 Å². The van der Waals surface area contributed by atoms with E-state index in [2.05, 4.69) is 4.90 Å². The topological polar surface area (TPSA) is 70.2 Å². The molecule has 0 spiro atoms. The van der Waals surface area contributed by atoms with Gasteiger partial charge in [0.1, 0.15) is 0 Å². The van der Waals surface area contributed by atoms with Crippen LogP contribution in [-0.2, 0) is 14.8 Å². The number of ether oxygens (including phenoxy) is 1. The Hall–Kier alpha value is -2.13. The lowest BCUT2D eigenvalue weighted by atomic mass is 10.1. The van der Waals surface area contributed by atoms with Crippen LogP contribution >= 0.6 is 11.6 Å². The summed E-state index contributed by atoms with van der Waals surface area (Å²) in [6.45, 7) is 6.73. The molecule has 0 bridgehead atoms. The molecule has 0 aromatic heterocycles. The average Bonchev–Trinajstić information content (AvgIpc) is 2.78. The molecule has 0 aliphatic carbocycles. The van der Waals surface area contributed by atoms with Gasteiger partial charge in [-0.25, -0.2) is 8.42 Å². The highest BCUT2D eigenvalue weighted by Crippen LogP contribution is 2.27. The molecule has 0 radical (unpaired) electrons.